The van der Waals surface area contributed by atoms with Gasteiger partial charge >= 0.3 is 0 Å². The minimum absolute atomic E-state index is 0.0402. The first-order chi connectivity index (χ1) is 6.77. The number of hydrogen-bond donors (Lipinski definition) is 2. The molecule has 0 saturated carbocycles. The van der Waals surface area contributed by atoms with E-state index in [4.69, 9.17) is 4.74 Å². The Hall–Kier alpha value is -1.64. The van der Waals surface area contributed by atoms with Crippen molar-refractivity contribution < 1.29 is 14.9 Å². The van der Waals surface area contributed by atoms with Crippen molar-refractivity contribution in [1.29, 1.82) is 0 Å². The third-order valence-corrected chi connectivity index (χ3v) is 2.88. The summed E-state index contributed by atoms with van der Waals surface area (Å²) in [6.07, 6.45) is 5.05. The van der Waals surface area contributed by atoms with Crippen molar-refractivity contribution in [2.45, 2.75) is 18.4 Å². The Morgan fingerprint density at radius 2 is 2.14 bits per heavy atom. The second-order valence-electron chi connectivity index (χ2n) is 3.69. The summed E-state index contributed by atoms with van der Waals surface area (Å²) >= 11 is 0. The zero-order valence-electron chi connectivity index (χ0n) is 7.47. The van der Waals surface area contributed by atoms with Gasteiger partial charge in [-0.1, -0.05) is 12.2 Å². The Balaban J connectivity index is 2.21. The highest BCUT2D eigenvalue weighted by Crippen LogP contribution is 2.50. The molecule has 72 valence electrons. The van der Waals surface area contributed by atoms with Crippen molar-refractivity contribution in [3.63, 3.8) is 0 Å². The van der Waals surface area contributed by atoms with Gasteiger partial charge in [-0.3, -0.25) is 0 Å². The molecule has 3 heteroatoms. The molecule has 1 aliphatic heterocycles. The Morgan fingerprint density at radius 1 is 1.29 bits per heavy atom. The van der Waals surface area contributed by atoms with E-state index in [0.29, 0.717) is 5.75 Å². The third-order valence-electron chi connectivity index (χ3n) is 2.88. The number of phenolic OH excluding ortho intramolecular Hbond substituents is 2. The zero-order chi connectivity index (χ0) is 9.71. The first-order valence-corrected chi connectivity index (χ1v) is 4.65. The van der Waals surface area contributed by atoms with Gasteiger partial charge in [-0.25, -0.2) is 0 Å². The van der Waals surface area contributed by atoms with Crippen molar-refractivity contribution in [3.05, 3.63) is 29.8 Å². The lowest BCUT2D eigenvalue weighted by Crippen LogP contribution is -2.11. The summed E-state index contributed by atoms with van der Waals surface area (Å²) in [6.45, 7) is 0. The third kappa shape index (κ3) is 0.816. The summed E-state index contributed by atoms with van der Waals surface area (Å²) in [4.78, 5) is 0. The summed E-state index contributed by atoms with van der Waals surface area (Å²) in [7, 11) is 0. The molecule has 1 heterocycles. The van der Waals surface area contributed by atoms with Crippen LogP contribution in [0.2, 0.25) is 0 Å². The molecule has 0 aromatic heterocycles. The maximum atomic E-state index is 9.70. The second-order valence-corrected chi connectivity index (χ2v) is 3.69. The zero-order valence-corrected chi connectivity index (χ0v) is 7.47. The van der Waals surface area contributed by atoms with E-state index in [9.17, 15) is 10.2 Å². The molecule has 1 aromatic rings. The van der Waals surface area contributed by atoms with Gasteiger partial charge in [-0.15, -0.1) is 0 Å². The fraction of sp³-hybridized carbons (Fsp3) is 0.273. The molecule has 0 saturated heterocycles. The fourth-order valence-electron chi connectivity index (χ4n) is 2.20. The van der Waals surface area contributed by atoms with Gasteiger partial charge < -0.3 is 14.9 Å². The molecule has 2 N–H and O–H groups in total. The van der Waals surface area contributed by atoms with Gasteiger partial charge in [0.05, 0.1) is 5.56 Å². The molecule has 14 heavy (non-hydrogen) atoms. The molecule has 0 fully saturated rings. The molecule has 1 aliphatic carbocycles. The average Bonchev–Trinajstić information content (AvgIpc) is 2.70. The summed E-state index contributed by atoms with van der Waals surface area (Å²) < 4.78 is 5.63. The van der Waals surface area contributed by atoms with Gasteiger partial charge in [0.2, 0.25) is 0 Å². The predicted molar refractivity (Wildman–Crippen MR) is 50.7 cm³/mol. The van der Waals surface area contributed by atoms with E-state index in [2.05, 4.69) is 0 Å². The van der Waals surface area contributed by atoms with E-state index in [1.54, 1.807) is 6.07 Å². The minimum atomic E-state index is -0.0756. The largest absolute Gasteiger partial charge is 0.504 e. The maximum absolute atomic E-state index is 9.70. The van der Waals surface area contributed by atoms with Gasteiger partial charge in [0.1, 0.15) is 11.9 Å². The average molecular weight is 190 g/mol. The standard InChI is InChI=1S/C11H10O3/c12-7-4-5-9-10(11(7)13)6-2-1-3-8(6)14-9/h1-2,4-6,8,12-13H,3H2/t6-,8-/m1/s1. The highest BCUT2D eigenvalue weighted by Gasteiger charge is 2.37. The van der Waals surface area contributed by atoms with Crippen LogP contribution >= 0.6 is 0 Å². The maximum Gasteiger partial charge on any atom is 0.165 e. The van der Waals surface area contributed by atoms with Crippen molar-refractivity contribution >= 4 is 0 Å². The van der Waals surface area contributed by atoms with Crippen LogP contribution in [0.5, 0.6) is 17.2 Å². The Labute approximate surface area is 81.3 Å². The second kappa shape index (κ2) is 2.44. The Bertz CT molecular complexity index is 423. The van der Waals surface area contributed by atoms with Crippen LogP contribution in [0.1, 0.15) is 17.9 Å². The van der Waals surface area contributed by atoms with Gasteiger partial charge in [0.25, 0.3) is 0 Å². The lowest BCUT2D eigenvalue weighted by atomic mass is 9.97. The molecular weight excluding hydrogens is 180 g/mol. The van der Waals surface area contributed by atoms with Crippen LogP contribution in [0.25, 0.3) is 0 Å². The number of phenols is 2. The van der Waals surface area contributed by atoms with Gasteiger partial charge in [0.15, 0.2) is 11.5 Å². The Kier molecular flexibility index (Phi) is 1.35. The van der Waals surface area contributed by atoms with E-state index in [1.165, 1.54) is 6.07 Å². The molecule has 0 radical (unpaired) electrons. The predicted octanol–water partition coefficient (Wildman–Crippen LogP) is 1.90. The van der Waals surface area contributed by atoms with Crippen LogP contribution in [0.3, 0.4) is 0 Å². The van der Waals surface area contributed by atoms with Crippen LogP contribution in [0.4, 0.5) is 0 Å². The summed E-state index contributed by atoms with van der Waals surface area (Å²) in [6, 6.07) is 3.16. The van der Waals surface area contributed by atoms with E-state index in [0.717, 1.165) is 12.0 Å². The molecular formula is C11H10O3. The molecule has 3 nitrogen and oxygen atoms in total. The van der Waals surface area contributed by atoms with Gasteiger partial charge in [0, 0.05) is 12.3 Å². The number of benzene rings is 1. The quantitative estimate of drug-likeness (QED) is 0.485. The molecule has 1 aromatic carbocycles. The fourth-order valence-corrected chi connectivity index (χ4v) is 2.20. The lowest BCUT2D eigenvalue weighted by Gasteiger charge is -2.07. The number of rotatable bonds is 0. The summed E-state index contributed by atoms with van der Waals surface area (Å²) in [5.74, 6) is 0.687. The highest BCUT2D eigenvalue weighted by molar-refractivity contribution is 5.58. The molecule has 2 atom stereocenters. The van der Waals surface area contributed by atoms with Crippen LogP contribution in [0.15, 0.2) is 24.3 Å². The van der Waals surface area contributed by atoms with E-state index < -0.39 is 0 Å². The Morgan fingerprint density at radius 3 is 3.00 bits per heavy atom. The van der Waals surface area contributed by atoms with Crippen molar-refractivity contribution in [1.82, 2.24) is 0 Å². The SMILES string of the molecule is Oc1ccc2c(c1O)[C@@H]1C=CC[C@H]1O2. The van der Waals surface area contributed by atoms with E-state index in [1.807, 2.05) is 12.2 Å². The number of hydrogen-bond acceptors (Lipinski definition) is 3. The van der Waals surface area contributed by atoms with Crippen molar-refractivity contribution in [2.24, 2.45) is 0 Å². The molecule has 0 spiro atoms. The van der Waals surface area contributed by atoms with E-state index in [-0.39, 0.29) is 23.5 Å². The monoisotopic (exact) mass is 190 g/mol. The topological polar surface area (TPSA) is 49.7 Å². The molecule has 2 aliphatic rings. The van der Waals surface area contributed by atoms with Crippen molar-refractivity contribution in [2.75, 3.05) is 0 Å². The van der Waals surface area contributed by atoms with Crippen LogP contribution in [-0.4, -0.2) is 16.3 Å². The van der Waals surface area contributed by atoms with Crippen LogP contribution in [-0.2, 0) is 0 Å². The van der Waals surface area contributed by atoms with Gasteiger partial charge in [-0.05, 0) is 12.1 Å². The first kappa shape index (κ1) is 7.74. The van der Waals surface area contributed by atoms with Crippen LogP contribution < -0.4 is 4.74 Å². The first-order valence-electron chi connectivity index (χ1n) is 4.65. The van der Waals surface area contributed by atoms with Crippen LogP contribution in [0, 0.1) is 0 Å². The normalized spacial score (nSPS) is 27.1. The number of ether oxygens (including phenoxy) is 1. The molecule has 0 amide bonds. The number of aromatic hydroxyl groups is 2. The minimum Gasteiger partial charge on any atom is -0.504 e. The molecule has 0 unspecified atom stereocenters. The highest BCUT2D eigenvalue weighted by atomic mass is 16.5. The molecule has 3 rings (SSSR count). The number of fused-ring (bicyclic) bond motifs is 3. The summed E-state index contributed by atoms with van der Waals surface area (Å²) in [5, 5.41) is 19.1. The summed E-state index contributed by atoms with van der Waals surface area (Å²) in [5.41, 5.74) is 0.726. The molecule has 0 bridgehead atoms. The van der Waals surface area contributed by atoms with Crippen molar-refractivity contribution in [3.8, 4) is 17.2 Å². The smallest absolute Gasteiger partial charge is 0.165 e. The van der Waals surface area contributed by atoms with E-state index >= 15 is 0 Å². The van der Waals surface area contributed by atoms with Gasteiger partial charge in [-0.2, -0.15) is 0 Å². The lowest BCUT2D eigenvalue weighted by molar-refractivity contribution is 0.232.